The van der Waals surface area contributed by atoms with Gasteiger partial charge in [0, 0.05) is 39.7 Å². The molecule has 6 rings (SSSR count). The van der Waals surface area contributed by atoms with Crippen molar-refractivity contribution in [2.24, 2.45) is 0 Å². The van der Waals surface area contributed by atoms with Crippen molar-refractivity contribution in [2.45, 2.75) is 48.1 Å². The highest BCUT2D eigenvalue weighted by Gasteiger charge is 2.18. The number of carbonyl (C=O) groups is 1. The SMILES string of the molecule is Cc1ccc(N(c2ccc(C=O)cc2)c2ccc(-c3ccc(N(c4ccc(CO)cc4)c4ccc(C)c(C)c4)c(C)c3)cc2C)cc1C. The van der Waals surface area contributed by atoms with Gasteiger partial charge >= 0.3 is 0 Å². The first-order valence-electron chi connectivity index (χ1n) is 16.4. The molecule has 0 atom stereocenters. The molecule has 6 aromatic carbocycles. The van der Waals surface area contributed by atoms with E-state index in [4.69, 9.17) is 0 Å². The second-order valence-electron chi connectivity index (χ2n) is 12.7. The maximum atomic E-state index is 11.4. The van der Waals surface area contributed by atoms with Crippen LogP contribution in [0, 0.1) is 41.5 Å². The number of nitrogens with zero attached hydrogens (tertiary/aromatic N) is 2. The molecule has 0 aromatic heterocycles. The van der Waals surface area contributed by atoms with E-state index in [0.717, 1.165) is 68.2 Å². The van der Waals surface area contributed by atoms with Crippen LogP contribution < -0.4 is 9.80 Å². The maximum Gasteiger partial charge on any atom is 0.150 e. The predicted octanol–water partition coefficient (Wildman–Crippen LogP) is 11.4. The molecule has 240 valence electrons. The fraction of sp³-hybridized carbons (Fsp3) is 0.159. The van der Waals surface area contributed by atoms with Crippen molar-refractivity contribution >= 4 is 40.4 Å². The molecule has 0 bridgehead atoms. The Kier molecular flexibility index (Phi) is 9.29. The van der Waals surface area contributed by atoms with E-state index in [0.29, 0.717) is 5.56 Å². The third-order valence-corrected chi connectivity index (χ3v) is 9.37. The number of hydrogen-bond acceptors (Lipinski definition) is 4. The average Bonchev–Trinajstić information content (AvgIpc) is 3.10. The molecule has 48 heavy (non-hydrogen) atoms. The minimum absolute atomic E-state index is 0.0186. The first-order valence-corrected chi connectivity index (χ1v) is 16.4. The molecule has 0 saturated heterocycles. The second kappa shape index (κ2) is 13.7. The largest absolute Gasteiger partial charge is 0.392 e. The van der Waals surface area contributed by atoms with Gasteiger partial charge < -0.3 is 14.9 Å². The number of carbonyl (C=O) groups excluding carboxylic acids is 1. The zero-order valence-corrected chi connectivity index (χ0v) is 28.6. The number of benzene rings is 6. The summed E-state index contributed by atoms with van der Waals surface area (Å²) in [6.07, 6.45) is 0.880. The highest BCUT2D eigenvalue weighted by Crippen LogP contribution is 2.41. The van der Waals surface area contributed by atoms with E-state index in [1.807, 2.05) is 36.4 Å². The van der Waals surface area contributed by atoms with Crippen LogP contribution in [0.25, 0.3) is 11.1 Å². The Morgan fingerprint density at radius 3 is 1.25 bits per heavy atom. The summed E-state index contributed by atoms with van der Waals surface area (Å²) >= 11 is 0. The van der Waals surface area contributed by atoms with Crippen molar-refractivity contribution in [1.82, 2.24) is 0 Å². The standard InChI is InChI=1S/C44H42N2O2/c1-29-7-15-41(25-31(29)3)45(39-17-9-35(27-47)10-18-39)43-21-13-37(23-33(43)5)38-14-22-44(34(6)24-38)46(40-19-11-36(28-48)12-20-40)42-16-8-30(2)32(4)26-42/h7-27,48H,28H2,1-6H3. The van der Waals surface area contributed by atoms with Gasteiger partial charge in [-0.1, -0.05) is 36.4 Å². The predicted molar refractivity (Wildman–Crippen MR) is 201 cm³/mol. The lowest BCUT2D eigenvalue weighted by atomic mass is 9.98. The van der Waals surface area contributed by atoms with Crippen LogP contribution in [-0.2, 0) is 6.61 Å². The zero-order valence-electron chi connectivity index (χ0n) is 28.6. The van der Waals surface area contributed by atoms with Gasteiger partial charge in [-0.05, 0) is 177 Å². The Hall–Kier alpha value is -5.45. The highest BCUT2D eigenvalue weighted by atomic mass is 16.3. The van der Waals surface area contributed by atoms with E-state index >= 15 is 0 Å². The van der Waals surface area contributed by atoms with Gasteiger partial charge in [0.25, 0.3) is 0 Å². The number of aldehydes is 1. The van der Waals surface area contributed by atoms with Crippen LogP contribution >= 0.6 is 0 Å². The van der Waals surface area contributed by atoms with Crippen molar-refractivity contribution in [3.05, 3.63) is 166 Å². The van der Waals surface area contributed by atoms with Gasteiger partial charge in [0.2, 0.25) is 0 Å². The molecule has 0 heterocycles. The van der Waals surface area contributed by atoms with E-state index in [9.17, 15) is 9.90 Å². The molecular weight excluding hydrogens is 588 g/mol. The molecule has 0 unspecified atom stereocenters. The van der Waals surface area contributed by atoms with Crippen LogP contribution in [0.4, 0.5) is 34.1 Å². The zero-order chi connectivity index (χ0) is 33.9. The molecule has 4 nitrogen and oxygen atoms in total. The van der Waals surface area contributed by atoms with Crippen LogP contribution in [0.15, 0.2) is 121 Å². The third kappa shape index (κ3) is 6.53. The van der Waals surface area contributed by atoms with E-state index in [1.54, 1.807) is 0 Å². The lowest BCUT2D eigenvalue weighted by molar-refractivity contribution is 0.112. The molecule has 0 aliphatic heterocycles. The fourth-order valence-corrected chi connectivity index (χ4v) is 6.21. The number of aliphatic hydroxyl groups excluding tert-OH is 1. The minimum atomic E-state index is 0.0186. The summed E-state index contributed by atoms with van der Waals surface area (Å²) in [6.45, 7) is 12.9. The minimum Gasteiger partial charge on any atom is -0.392 e. The lowest BCUT2D eigenvalue weighted by Gasteiger charge is -2.29. The second-order valence-corrected chi connectivity index (χ2v) is 12.7. The van der Waals surface area contributed by atoms with Gasteiger partial charge in [0.15, 0.2) is 0 Å². The summed E-state index contributed by atoms with van der Waals surface area (Å²) < 4.78 is 0. The van der Waals surface area contributed by atoms with Crippen molar-refractivity contribution in [1.29, 1.82) is 0 Å². The topological polar surface area (TPSA) is 43.8 Å². The van der Waals surface area contributed by atoms with Crippen molar-refractivity contribution in [3.8, 4) is 11.1 Å². The van der Waals surface area contributed by atoms with Gasteiger partial charge in [-0.2, -0.15) is 0 Å². The summed E-state index contributed by atoms with van der Waals surface area (Å²) in [7, 11) is 0. The fourth-order valence-electron chi connectivity index (χ4n) is 6.21. The van der Waals surface area contributed by atoms with Crippen LogP contribution in [0.5, 0.6) is 0 Å². The van der Waals surface area contributed by atoms with Crippen molar-refractivity contribution < 1.29 is 9.90 Å². The average molecular weight is 631 g/mol. The molecule has 6 aromatic rings. The van der Waals surface area contributed by atoms with E-state index in [-0.39, 0.29) is 6.61 Å². The first kappa shape index (κ1) is 32.5. The Bertz CT molecular complexity index is 2100. The quantitative estimate of drug-likeness (QED) is 0.161. The third-order valence-electron chi connectivity index (χ3n) is 9.37. The number of anilines is 6. The summed E-state index contributed by atoms with van der Waals surface area (Å²) in [4.78, 5) is 15.9. The molecule has 1 N–H and O–H groups in total. The number of aliphatic hydroxyl groups is 1. The van der Waals surface area contributed by atoms with E-state index < -0.39 is 0 Å². The van der Waals surface area contributed by atoms with Crippen LogP contribution in [-0.4, -0.2) is 11.4 Å². The van der Waals surface area contributed by atoms with Crippen molar-refractivity contribution in [3.63, 3.8) is 0 Å². The number of rotatable bonds is 9. The molecular formula is C44H42N2O2. The van der Waals surface area contributed by atoms with Crippen LogP contribution in [0.3, 0.4) is 0 Å². The Morgan fingerprint density at radius 2 is 0.875 bits per heavy atom. The first-order chi connectivity index (χ1) is 23.2. The Balaban J connectivity index is 1.39. The molecule has 0 radical (unpaired) electrons. The number of hydrogen-bond donors (Lipinski definition) is 1. The summed E-state index contributed by atoms with van der Waals surface area (Å²) in [6, 6.07) is 42.3. The molecule has 0 saturated carbocycles. The van der Waals surface area contributed by atoms with Crippen molar-refractivity contribution in [2.75, 3.05) is 9.80 Å². The number of aryl methyl sites for hydroxylation is 6. The maximum absolute atomic E-state index is 11.4. The normalized spacial score (nSPS) is 11.0. The summed E-state index contributed by atoms with van der Waals surface area (Å²) in [5, 5.41) is 9.65. The van der Waals surface area contributed by atoms with E-state index in [2.05, 4.69) is 136 Å². The molecule has 4 heteroatoms. The smallest absolute Gasteiger partial charge is 0.150 e. The Labute approximate surface area is 284 Å². The summed E-state index contributed by atoms with van der Waals surface area (Å²) in [5.41, 5.74) is 17.5. The molecule has 0 fully saturated rings. The monoisotopic (exact) mass is 630 g/mol. The molecule has 0 spiro atoms. The Morgan fingerprint density at radius 1 is 0.458 bits per heavy atom. The van der Waals surface area contributed by atoms with Gasteiger partial charge in [0.05, 0.1) is 6.61 Å². The van der Waals surface area contributed by atoms with Gasteiger partial charge in [0.1, 0.15) is 6.29 Å². The van der Waals surface area contributed by atoms with Gasteiger partial charge in [-0.25, -0.2) is 0 Å². The highest BCUT2D eigenvalue weighted by molar-refractivity contribution is 5.84. The van der Waals surface area contributed by atoms with Crippen LogP contribution in [0.1, 0.15) is 49.3 Å². The molecule has 0 aliphatic carbocycles. The van der Waals surface area contributed by atoms with Gasteiger partial charge in [-0.15, -0.1) is 0 Å². The van der Waals surface area contributed by atoms with E-state index in [1.165, 1.54) is 22.3 Å². The van der Waals surface area contributed by atoms with Gasteiger partial charge in [-0.3, -0.25) is 4.79 Å². The molecule has 0 aliphatic rings. The molecule has 0 amide bonds. The lowest BCUT2D eigenvalue weighted by Crippen LogP contribution is -2.12. The van der Waals surface area contributed by atoms with Crippen LogP contribution in [0.2, 0.25) is 0 Å². The summed E-state index contributed by atoms with van der Waals surface area (Å²) in [5.74, 6) is 0.